The highest BCUT2D eigenvalue weighted by Crippen LogP contribution is 2.46. The maximum absolute atomic E-state index is 13.6. The predicted molar refractivity (Wildman–Crippen MR) is 169 cm³/mol. The third-order valence-electron chi connectivity index (χ3n) is 7.40. The van der Waals surface area contributed by atoms with E-state index in [2.05, 4.69) is 29.5 Å². The van der Waals surface area contributed by atoms with E-state index in [0.717, 1.165) is 17.8 Å². The second-order valence-electron chi connectivity index (χ2n) is 12.7. The van der Waals surface area contributed by atoms with Gasteiger partial charge in [0.15, 0.2) is 0 Å². The predicted octanol–water partition coefficient (Wildman–Crippen LogP) is 6.10. The minimum atomic E-state index is -0.377. The first-order valence-corrected chi connectivity index (χ1v) is 15.4. The fraction of sp³-hybridized carbons (Fsp3) is 0.438. The van der Waals surface area contributed by atoms with Gasteiger partial charge in [-0.15, -0.1) is 11.3 Å². The molecule has 0 aliphatic carbocycles. The summed E-state index contributed by atoms with van der Waals surface area (Å²) in [5.74, 6) is -0.193. The highest BCUT2D eigenvalue weighted by molar-refractivity contribution is 7.21. The number of rotatable bonds is 6. The van der Waals surface area contributed by atoms with Crippen LogP contribution in [0.3, 0.4) is 0 Å². The number of urea groups is 1. The molecule has 2 N–H and O–H groups in total. The molecule has 0 saturated carbocycles. The van der Waals surface area contributed by atoms with E-state index in [4.69, 9.17) is 4.98 Å². The van der Waals surface area contributed by atoms with Crippen LogP contribution >= 0.6 is 11.3 Å². The fourth-order valence-corrected chi connectivity index (χ4v) is 6.66. The average molecular weight is 600 g/mol. The van der Waals surface area contributed by atoms with Crippen LogP contribution in [0.5, 0.6) is 0 Å². The molecule has 0 radical (unpaired) electrons. The minimum Gasteiger partial charge on any atom is -0.347 e. The Balaban J connectivity index is 1.40. The summed E-state index contributed by atoms with van der Waals surface area (Å²) in [5, 5.41) is 16.3. The molecule has 5 heterocycles. The third kappa shape index (κ3) is 6.25. The van der Waals surface area contributed by atoms with E-state index in [9.17, 15) is 19.6 Å². The zero-order valence-corrected chi connectivity index (χ0v) is 26.3. The molecule has 43 heavy (non-hydrogen) atoms. The van der Waals surface area contributed by atoms with Gasteiger partial charge in [0.25, 0.3) is 11.8 Å². The van der Waals surface area contributed by atoms with Gasteiger partial charge in [0, 0.05) is 31.0 Å². The van der Waals surface area contributed by atoms with Crippen LogP contribution in [-0.4, -0.2) is 51.8 Å². The van der Waals surface area contributed by atoms with Crippen molar-refractivity contribution in [1.82, 2.24) is 20.2 Å². The monoisotopic (exact) mass is 599 g/mol. The van der Waals surface area contributed by atoms with E-state index < -0.39 is 0 Å². The van der Waals surface area contributed by atoms with E-state index in [1.54, 1.807) is 28.1 Å². The quantitative estimate of drug-likeness (QED) is 0.260. The number of aryl methyl sites for hydroxylation is 1. The van der Waals surface area contributed by atoms with Crippen LogP contribution in [0.1, 0.15) is 68.5 Å². The highest BCUT2D eigenvalue weighted by Gasteiger charge is 2.35. The standard InChI is InChI=1S/C32H37N7O3S/c1-18(2)14-21-9-10-23(19(3)35-21)39-24-11-12-34-29-25(24)26(37-31(39)42)27(43-29)28(40)36-22-8-7-13-38(17-22)30(41)20(16-33)15-32(4,5)6/h9-12,15,18,22H,7-8,13-14,17H2,1-6H3,(H,36,40)(H,37,42)/b20-15+/t22-/m1/s1. The molecule has 4 amide bonds. The first kappa shape index (κ1) is 30.2. The van der Waals surface area contributed by atoms with Crippen LogP contribution < -0.4 is 15.5 Å². The summed E-state index contributed by atoms with van der Waals surface area (Å²) >= 11 is 1.22. The van der Waals surface area contributed by atoms with Gasteiger partial charge in [0.2, 0.25) is 0 Å². The van der Waals surface area contributed by atoms with E-state index in [1.807, 2.05) is 45.9 Å². The number of nitriles is 1. The Labute approximate surface area is 255 Å². The van der Waals surface area contributed by atoms with Gasteiger partial charge in [0.1, 0.15) is 21.3 Å². The molecule has 2 aliphatic heterocycles. The topological polar surface area (TPSA) is 131 Å². The number of hydrogen-bond acceptors (Lipinski definition) is 7. The number of likely N-dealkylation sites (tertiary alicyclic amines) is 1. The van der Waals surface area contributed by atoms with Crippen molar-refractivity contribution in [2.24, 2.45) is 11.3 Å². The summed E-state index contributed by atoms with van der Waals surface area (Å²) < 4.78 is 0. The second-order valence-corrected chi connectivity index (χ2v) is 13.7. The Morgan fingerprint density at radius 2 is 2.02 bits per heavy atom. The number of carbonyl (C=O) groups is 3. The first-order valence-electron chi connectivity index (χ1n) is 14.6. The Morgan fingerprint density at radius 3 is 2.70 bits per heavy atom. The van der Waals surface area contributed by atoms with Crippen molar-refractivity contribution >= 4 is 56.5 Å². The number of pyridine rings is 2. The van der Waals surface area contributed by atoms with E-state index in [0.29, 0.717) is 64.0 Å². The van der Waals surface area contributed by atoms with Crippen molar-refractivity contribution in [1.29, 1.82) is 5.26 Å². The van der Waals surface area contributed by atoms with Gasteiger partial charge in [-0.3, -0.25) is 19.5 Å². The Bertz CT molecular complexity index is 1680. The van der Waals surface area contributed by atoms with Crippen LogP contribution in [0, 0.1) is 29.6 Å². The van der Waals surface area contributed by atoms with Gasteiger partial charge in [-0.25, -0.2) is 9.78 Å². The number of nitrogens with zero attached hydrogens (tertiary/aromatic N) is 5. The Morgan fingerprint density at radius 1 is 1.26 bits per heavy atom. The average Bonchev–Trinajstić information content (AvgIpc) is 3.31. The van der Waals surface area contributed by atoms with Gasteiger partial charge >= 0.3 is 6.03 Å². The van der Waals surface area contributed by atoms with Crippen LogP contribution in [0.25, 0.3) is 10.2 Å². The highest BCUT2D eigenvalue weighted by atomic mass is 32.1. The zero-order chi connectivity index (χ0) is 31.1. The molecule has 1 atom stereocenters. The SMILES string of the molecule is Cc1nc(CC(C)C)ccc1N1C(=O)Nc2c(C(=O)N[C@@H]3CCCN(C(=O)/C(C#N)=C/C(C)(C)C)C3)sc3nccc1c23. The van der Waals surface area contributed by atoms with Crippen LogP contribution in [-0.2, 0) is 11.2 Å². The Kier molecular flexibility index (Phi) is 8.25. The molecular weight excluding hydrogens is 562 g/mol. The molecule has 3 aromatic heterocycles. The molecule has 3 aromatic rings. The lowest BCUT2D eigenvalue weighted by Crippen LogP contribution is -2.50. The number of nitrogens with one attached hydrogen (secondary N) is 2. The molecule has 0 unspecified atom stereocenters. The van der Waals surface area contributed by atoms with Crippen molar-refractivity contribution in [2.75, 3.05) is 23.3 Å². The van der Waals surface area contributed by atoms with Crippen molar-refractivity contribution in [3.8, 4) is 6.07 Å². The maximum Gasteiger partial charge on any atom is 0.331 e. The summed E-state index contributed by atoms with van der Waals surface area (Å²) in [4.78, 5) is 53.7. The molecule has 2 aliphatic rings. The molecule has 10 nitrogen and oxygen atoms in total. The number of anilines is 3. The number of carbonyl (C=O) groups excluding carboxylic acids is 3. The summed E-state index contributed by atoms with van der Waals surface area (Å²) in [6.45, 7) is 12.8. The van der Waals surface area contributed by atoms with Crippen LogP contribution in [0.2, 0.25) is 0 Å². The normalized spacial score (nSPS) is 17.2. The summed E-state index contributed by atoms with van der Waals surface area (Å²) in [6, 6.07) is 7.02. The van der Waals surface area contributed by atoms with Crippen LogP contribution in [0.15, 0.2) is 36.0 Å². The molecule has 224 valence electrons. The lowest BCUT2D eigenvalue weighted by atomic mass is 9.93. The molecule has 0 aromatic carbocycles. The van der Waals surface area contributed by atoms with Crippen molar-refractivity contribution in [3.63, 3.8) is 0 Å². The molecule has 5 rings (SSSR count). The number of allylic oxidation sites excluding steroid dienone is 1. The van der Waals surface area contributed by atoms with Gasteiger partial charge < -0.3 is 15.5 Å². The van der Waals surface area contributed by atoms with E-state index in [1.165, 1.54) is 11.3 Å². The summed E-state index contributed by atoms with van der Waals surface area (Å²) in [6.07, 6.45) is 5.57. The molecule has 11 heteroatoms. The molecule has 0 spiro atoms. The van der Waals surface area contributed by atoms with E-state index in [-0.39, 0.29) is 34.9 Å². The Hall–Kier alpha value is -4.30. The van der Waals surface area contributed by atoms with Crippen molar-refractivity contribution in [2.45, 2.75) is 66.8 Å². The first-order chi connectivity index (χ1) is 20.4. The molecule has 1 saturated heterocycles. The van der Waals surface area contributed by atoms with Gasteiger partial charge in [0.05, 0.1) is 28.1 Å². The molecule has 0 bridgehead atoms. The number of aromatic nitrogens is 2. The fourth-order valence-electron chi connectivity index (χ4n) is 5.63. The number of thiophene rings is 1. The van der Waals surface area contributed by atoms with Gasteiger partial charge in [-0.1, -0.05) is 40.7 Å². The summed E-state index contributed by atoms with van der Waals surface area (Å²) in [5.41, 5.74) is 3.26. The molecule has 1 fully saturated rings. The van der Waals surface area contributed by atoms with Gasteiger partial charge in [-0.2, -0.15) is 5.26 Å². The smallest absolute Gasteiger partial charge is 0.331 e. The lowest BCUT2D eigenvalue weighted by Gasteiger charge is -2.33. The van der Waals surface area contributed by atoms with Gasteiger partial charge in [-0.05, 0) is 55.7 Å². The second kappa shape index (κ2) is 11.8. The summed E-state index contributed by atoms with van der Waals surface area (Å²) in [7, 11) is 0. The van der Waals surface area contributed by atoms with Crippen LogP contribution in [0.4, 0.5) is 21.9 Å². The third-order valence-corrected chi connectivity index (χ3v) is 8.49. The maximum atomic E-state index is 13.6. The zero-order valence-electron chi connectivity index (χ0n) is 25.4. The van der Waals surface area contributed by atoms with E-state index >= 15 is 0 Å². The molecular formula is C32H37N7O3S. The van der Waals surface area contributed by atoms with Crippen molar-refractivity contribution in [3.05, 3.63) is 52.3 Å². The number of amides is 4. The largest absolute Gasteiger partial charge is 0.347 e. The minimum absolute atomic E-state index is 0.110. The number of piperidine rings is 1. The van der Waals surface area contributed by atoms with Crippen molar-refractivity contribution < 1.29 is 14.4 Å². The lowest BCUT2D eigenvalue weighted by molar-refractivity contribution is -0.128. The number of hydrogen-bond donors (Lipinski definition) is 2.